The van der Waals surface area contributed by atoms with Gasteiger partial charge in [-0.2, -0.15) is 0 Å². The number of amides is 1. The van der Waals surface area contributed by atoms with Crippen LogP contribution in [0.3, 0.4) is 0 Å². The molecule has 0 heterocycles. The number of rotatable bonds is 56. The highest BCUT2D eigenvalue weighted by Gasteiger charge is 2.18. The Kier molecular flexibility index (Phi) is 55.0. The smallest absolute Gasteiger partial charge is 0.305 e. The Morgan fingerprint density at radius 1 is 0.409 bits per heavy atom. The van der Waals surface area contributed by atoms with Crippen LogP contribution in [0, 0.1) is 0 Å². The summed E-state index contributed by atoms with van der Waals surface area (Å²) >= 11 is 0. The summed E-state index contributed by atoms with van der Waals surface area (Å²) in [5.74, 6) is -0.0484. The van der Waals surface area contributed by atoms with Gasteiger partial charge < -0.3 is 20.3 Å². The number of allylic oxidation sites excluding steroid dienone is 1. The summed E-state index contributed by atoms with van der Waals surface area (Å²) < 4.78 is 5.48. The van der Waals surface area contributed by atoms with E-state index in [2.05, 4.69) is 19.2 Å². The maximum atomic E-state index is 12.4. The van der Waals surface area contributed by atoms with Gasteiger partial charge in [-0.05, 0) is 32.1 Å². The molecule has 66 heavy (non-hydrogen) atoms. The second kappa shape index (κ2) is 56.2. The van der Waals surface area contributed by atoms with Crippen molar-refractivity contribution in [1.82, 2.24) is 5.32 Å². The van der Waals surface area contributed by atoms with Crippen LogP contribution in [0.25, 0.3) is 0 Å². The topological polar surface area (TPSA) is 95.9 Å². The molecule has 0 radical (unpaired) electrons. The molecule has 0 aromatic carbocycles. The first kappa shape index (κ1) is 64.6. The van der Waals surface area contributed by atoms with Gasteiger partial charge in [0.05, 0.1) is 25.4 Å². The van der Waals surface area contributed by atoms with Crippen LogP contribution < -0.4 is 5.32 Å². The van der Waals surface area contributed by atoms with E-state index < -0.39 is 12.1 Å². The molecule has 0 fully saturated rings. The number of carbonyl (C=O) groups excluding carboxylic acids is 2. The lowest BCUT2D eigenvalue weighted by Gasteiger charge is -2.20. The molecule has 0 saturated carbocycles. The quantitative estimate of drug-likeness (QED) is 0.0321. The summed E-state index contributed by atoms with van der Waals surface area (Å²) in [5.41, 5.74) is 0. The number of hydrogen-bond acceptors (Lipinski definition) is 5. The third-order valence-electron chi connectivity index (χ3n) is 14.1. The molecule has 0 aliphatic heterocycles. The average molecular weight is 933 g/mol. The molecule has 0 bridgehead atoms. The number of carbonyl (C=O) groups is 2. The van der Waals surface area contributed by atoms with Crippen LogP contribution in [0.4, 0.5) is 0 Å². The SMILES string of the molecule is CCCCCCCCCCC/C=C/C(O)C(CO)NC(=O)CCCCCCCCCCCCCCCCCCCCCCCCCCCOC(=O)CCCCCCCCCCCCCCC. The van der Waals surface area contributed by atoms with Gasteiger partial charge in [0.1, 0.15) is 0 Å². The van der Waals surface area contributed by atoms with Crippen molar-refractivity contribution in [3.05, 3.63) is 12.2 Å². The molecular formula is C60H117NO5. The van der Waals surface area contributed by atoms with Gasteiger partial charge in [0.25, 0.3) is 0 Å². The molecule has 392 valence electrons. The molecule has 6 nitrogen and oxygen atoms in total. The van der Waals surface area contributed by atoms with E-state index >= 15 is 0 Å². The van der Waals surface area contributed by atoms with Gasteiger partial charge >= 0.3 is 5.97 Å². The molecule has 0 spiro atoms. The van der Waals surface area contributed by atoms with Crippen LogP contribution in [0.5, 0.6) is 0 Å². The Hall–Kier alpha value is -1.40. The lowest BCUT2D eigenvalue weighted by atomic mass is 10.0. The first-order valence-electron chi connectivity index (χ1n) is 30.0. The summed E-state index contributed by atoms with van der Waals surface area (Å²) in [5, 5.41) is 23.0. The van der Waals surface area contributed by atoms with Crippen molar-refractivity contribution >= 4 is 11.9 Å². The minimum atomic E-state index is -0.840. The molecular weight excluding hydrogens is 815 g/mol. The number of hydrogen-bond donors (Lipinski definition) is 3. The van der Waals surface area contributed by atoms with Gasteiger partial charge in [-0.3, -0.25) is 9.59 Å². The molecule has 2 atom stereocenters. The summed E-state index contributed by atoms with van der Waals surface area (Å²) in [4.78, 5) is 24.4. The molecule has 0 aromatic heterocycles. The van der Waals surface area contributed by atoms with E-state index in [9.17, 15) is 19.8 Å². The third-order valence-corrected chi connectivity index (χ3v) is 14.1. The monoisotopic (exact) mass is 932 g/mol. The van der Waals surface area contributed by atoms with Crippen LogP contribution in [0.15, 0.2) is 12.2 Å². The van der Waals surface area contributed by atoms with Crippen molar-refractivity contribution in [2.24, 2.45) is 0 Å². The number of esters is 1. The highest BCUT2D eigenvalue weighted by molar-refractivity contribution is 5.76. The van der Waals surface area contributed by atoms with Crippen molar-refractivity contribution in [3.8, 4) is 0 Å². The Balaban J connectivity index is 3.34. The van der Waals surface area contributed by atoms with Crippen LogP contribution in [0.1, 0.15) is 335 Å². The molecule has 0 saturated heterocycles. The van der Waals surface area contributed by atoms with Gasteiger partial charge in [-0.1, -0.05) is 302 Å². The minimum absolute atomic E-state index is 0.0178. The van der Waals surface area contributed by atoms with Crippen molar-refractivity contribution in [1.29, 1.82) is 0 Å². The fraction of sp³-hybridized carbons (Fsp3) is 0.933. The maximum Gasteiger partial charge on any atom is 0.305 e. The number of aliphatic hydroxyl groups excluding tert-OH is 2. The Morgan fingerprint density at radius 2 is 0.697 bits per heavy atom. The Morgan fingerprint density at radius 3 is 1.03 bits per heavy atom. The zero-order chi connectivity index (χ0) is 47.9. The molecule has 3 N–H and O–H groups in total. The lowest BCUT2D eigenvalue weighted by molar-refractivity contribution is -0.143. The summed E-state index contributed by atoms with van der Waals surface area (Å²) in [6, 6.07) is -0.624. The second-order valence-electron chi connectivity index (χ2n) is 20.7. The fourth-order valence-electron chi connectivity index (χ4n) is 9.46. The van der Waals surface area contributed by atoms with E-state index in [1.54, 1.807) is 6.08 Å². The van der Waals surface area contributed by atoms with Crippen LogP contribution in [-0.4, -0.2) is 47.4 Å². The van der Waals surface area contributed by atoms with Gasteiger partial charge in [-0.25, -0.2) is 0 Å². The highest BCUT2D eigenvalue weighted by Crippen LogP contribution is 2.18. The van der Waals surface area contributed by atoms with Gasteiger partial charge in [0, 0.05) is 12.8 Å². The summed E-state index contributed by atoms with van der Waals surface area (Å²) in [6.07, 6.45) is 66.8. The van der Waals surface area contributed by atoms with Crippen molar-refractivity contribution in [2.75, 3.05) is 13.2 Å². The van der Waals surface area contributed by atoms with Crippen molar-refractivity contribution in [3.63, 3.8) is 0 Å². The predicted molar refractivity (Wildman–Crippen MR) is 287 cm³/mol. The first-order valence-corrected chi connectivity index (χ1v) is 30.0. The van der Waals surface area contributed by atoms with Gasteiger partial charge in [0.2, 0.25) is 5.91 Å². The number of nitrogens with one attached hydrogen (secondary N) is 1. The van der Waals surface area contributed by atoms with E-state index in [4.69, 9.17) is 4.74 Å². The van der Waals surface area contributed by atoms with Crippen LogP contribution >= 0.6 is 0 Å². The normalized spacial score (nSPS) is 12.6. The van der Waals surface area contributed by atoms with E-state index in [-0.39, 0.29) is 18.5 Å². The highest BCUT2D eigenvalue weighted by atomic mass is 16.5. The Labute approximate surface area is 412 Å². The minimum Gasteiger partial charge on any atom is -0.466 e. The van der Waals surface area contributed by atoms with Gasteiger partial charge in [-0.15, -0.1) is 0 Å². The first-order chi connectivity index (χ1) is 32.5. The van der Waals surface area contributed by atoms with E-state index in [0.717, 1.165) is 38.5 Å². The number of aliphatic hydroxyl groups is 2. The standard InChI is InChI=1S/C60H117NO5/c1-3-5-7-9-11-13-15-29-34-38-42-46-50-54-60(65)66-55-51-47-43-39-35-31-28-26-24-22-20-18-16-17-19-21-23-25-27-30-33-37-41-45-49-53-59(64)61-57(56-62)58(63)52-48-44-40-36-32-14-12-10-8-6-4-2/h48,52,57-58,62-63H,3-47,49-51,53-56H2,1-2H3,(H,61,64)/b52-48+. The largest absolute Gasteiger partial charge is 0.466 e. The Bertz CT molecular complexity index is 986. The van der Waals surface area contributed by atoms with Crippen molar-refractivity contribution in [2.45, 2.75) is 347 Å². The number of unbranched alkanes of at least 4 members (excludes halogenated alkanes) is 45. The second-order valence-corrected chi connectivity index (χ2v) is 20.7. The maximum absolute atomic E-state index is 12.4. The van der Waals surface area contributed by atoms with Gasteiger partial charge in [0.15, 0.2) is 0 Å². The molecule has 6 heteroatoms. The fourth-order valence-corrected chi connectivity index (χ4v) is 9.46. The number of ether oxygens (including phenoxy) is 1. The lowest BCUT2D eigenvalue weighted by Crippen LogP contribution is -2.45. The average Bonchev–Trinajstić information content (AvgIpc) is 3.32. The molecule has 2 unspecified atom stereocenters. The van der Waals surface area contributed by atoms with Crippen LogP contribution in [-0.2, 0) is 14.3 Å². The van der Waals surface area contributed by atoms with E-state index in [1.807, 2.05) is 6.08 Å². The molecule has 0 aliphatic carbocycles. The summed E-state index contributed by atoms with van der Waals surface area (Å²) in [7, 11) is 0. The molecule has 1 amide bonds. The zero-order valence-corrected chi connectivity index (χ0v) is 44.7. The third kappa shape index (κ3) is 52.0. The zero-order valence-electron chi connectivity index (χ0n) is 44.7. The van der Waals surface area contributed by atoms with Crippen molar-refractivity contribution < 1.29 is 24.5 Å². The molecule has 0 aromatic rings. The van der Waals surface area contributed by atoms with E-state index in [0.29, 0.717) is 19.4 Å². The summed E-state index contributed by atoms with van der Waals surface area (Å²) in [6.45, 7) is 4.91. The molecule has 0 rings (SSSR count). The molecule has 0 aliphatic rings. The predicted octanol–water partition coefficient (Wildman–Crippen LogP) is 18.5. The van der Waals surface area contributed by atoms with E-state index in [1.165, 1.54) is 270 Å². The van der Waals surface area contributed by atoms with Crippen LogP contribution in [0.2, 0.25) is 0 Å².